The molecular formula is C11H8BrNO. The van der Waals surface area contributed by atoms with E-state index in [0.29, 0.717) is 0 Å². The molecule has 0 fully saturated rings. The van der Waals surface area contributed by atoms with Crippen LogP contribution in [0.25, 0.3) is 0 Å². The highest BCUT2D eigenvalue weighted by molar-refractivity contribution is 9.10. The van der Waals surface area contributed by atoms with Crippen LogP contribution in [-0.4, -0.2) is 5.11 Å². The maximum atomic E-state index is 8.98. The highest BCUT2D eigenvalue weighted by Gasteiger charge is 1.98. The van der Waals surface area contributed by atoms with Gasteiger partial charge in [0.2, 0.25) is 0 Å². The first-order valence-corrected chi connectivity index (χ1v) is 4.82. The molecule has 0 aliphatic carbocycles. The largest absolute Gasteiger partial charge is 0.392 e. The molecule has 0 heterocycles. The summed E-state index contributed by atoms with van der Waals surface area (Å²) in [6.07, 6.45) is 0.227. The predicted octanol–water partition coefficient (Wildman–Crippen LogP) is 2.21. The van der Waals surface area contributed by atoms with Gasteiger partial charge in [0.1, 0.15) is 0 Å². The standard InChI is InChI=1S/C11H8BrNO/c12-11-5-4-9(3-1-2-6-13)7-10(11)8-14/h4-5,7,14H,2,8H2. The second kappa shape index (κ2) is 5.44. The Bertz CT molecular complexity index is 423. The van der Waals surface area contributed by atoms with Crippen LogP contribution in [0, 0.1) is 23.2 Å². The zero-order valence-corrected chi connectivity index (χ0v) is 9.00. The molecule has 0 unspecified atom stereocenters. The first-order valence-electron chi connectivity index (χ1n) is 4.03. The molecule has 0 amide bonds. The van der Waals surface area contributed by atoms with E-state index in [1.807, 2.05) is 18.2 Å². The number of hydrogen-bond donors (Lipinski definition) is 1. The average Bonchev–Trinajstić information content (AvgIpc) is 2.21. The van der Waals surface area contributed by atoms with Crippen molar-refractivity contribution in [1.29, 1.82) is 5.26 Å². The van der Waals surface area contributed by atoms with Gasteiger partial charge in [-0.2, -0.15) is 5.26 Å². The average molecular weight is 250 g/mol. The van der Waals surface area contributed by atoms with Gasteiger partial charge in [0.05, 0.1) is 19.1 Å². The molecule has 1 aromatic rings. The minimum absolute atomic E-state index is 0.0195. The minimum atomic E-state index is -0.0195. The smallest absolute Gasteiger partial charge is 0.0966 e. The van der Waals surface area contributed by atoms with Gasteiger partial charge in [0.15, 0.2) is 0 Å². The SMILES string of the molecule is N#CCC#Cc1ccc(Br)c(CO)c1. The third kappa shape index (κ3) is 2.88. The number of benzene rings is 1. The lowest BCUT2D eigenvalue weighted by atomic mass is 10.1. The predicted molar refractivity (Wildman–Crippen MR) is 57.2 cm³/mol. The fraction of sp³-hybridized carbons (Fsp3) is 0.182. The second-order valence-electron chi connectivity index (χ2n) is 2.60. The molecule has 0 aliphatic heterocycles. The molecular weight excluding hydrogens is 242 g/mol. The van der Waals surface area contributed by atoms with Crippen LogP contribution in [-0.2, 0) is 6.61 Å². The Balaban J connectivity index is 2.92. The van der Waals surface area contributed by atoms with Gasteiger partial charge in [-0.05, 0) is 23.8 Å². The van der Waals surface area contributed by atoms with Crippen LogP contribution < -0.4 is 0 Å². The van der Waals surface area contributed by atoms with Gasteiger partial charge in [-0.15, -0.1) is 0 Å². The summed E-state index contributed by atoms with van der Waals surface area (Å²) in [6, 6.07) is 7.42. The lowest BCUT2D eigenvalue weighted by Gasteiger charge is -2.00. The molecule has 3 heteroatoms. The van der Waals surface area contributed by atoms with Crippen molar-refractivity contribution in [2.45, 2.75) is 13.0 Å². The van der Waals surface area contributed by atoms with Gasteiger partial charge in [-0.25, -0.2) is 0 Å². The van der Waals surface area contributed by atoms with E-state index in [0.717, 1.165) is 15.6 Å². The van der Waals surface area contributed by atoms with E-state index in [-0.39, 0.29) is 13.0 Å². The summed E-state index contributed by atoms with van der Waals surface area (Å²) in [6.45, 7) is -0.0195. The topological polar surface area (TPSA) is 44.0 Å². The summed E-state index contributed by atoms with van der Waals surface area (Å²) in [4.78, 5) is 0. The molecule has 70 valence electrons. The Labute approximate surface area is 91.3 Å². The van der Waals surface area contributed by atoms with Gasteiger partial charge in [0, 0.05) is 10.0 Å². The van der Waals surface area contributed by atoms with Crippen molar-refractivity contribution in [2.24, 2.45) is 0 Å². The molecule has 0 saturated carbocycles. The Hall–Kier alpha value is -1.29. The van der Waals surface area contributed by atoms with Gasteiger partial charge in [-0.3, -0.25) is 0 Å². The Morgan fingerprint density at radius 2 is 2.21 bits per heavy atom. The normalized spacial score (nSPS) is 8.64. The minimum Gasteiger partial charge on any atom is -0.392 e. The summed E-state index contributed by atoms with van der Waals surface area (Å²) in [5.74, 6) is 5.56. The third-order valence-electron chi connectivity index (χ3n) is 1.62. The first-order chi connectivity index (χ1) is 6.77. The fourth-order valence-electron chi connectivity index (χ4n) is 0.959. The van der Waals surface area contributed by atoms with E-state index >= 15 is 0 Å². The molecule has 14 heavy (non-hydrogen) atoms. The summed E-state index contributed by atoms with van der Waals surface area (Å²) >= 11 is 3.31. The first kappa shape index (κ1) is 10.8. The van der Waals surface area contributed by atoms with E-state index in [9.17, 15) is 0 Å². The van der Waals surface area contributed by atoms with E-state index in [1.54, 1.807) is 6.07 Å². The number of nitriles is 1. The summed E-state index contributed by atoms with van der Waals surface area (Å²) < 4.78 is 0.867. The van der Waals surface area contributed by atoms with E-state index in [1.165, 1.54) is 0 Å². The Morgan fingerprint density at radius 1 is 1.43 bits per heavy atom. The van der Waals surface area contributed by atoms with E-state index in [2.05, 4.69) is 27.8 Å². The number of rotatable bonds is 1. The second-order valence-corrected chi connectivity index (χ2v) is 3.46. The summed E-state index contributed by atoms with van der Waals surface area (Å²) in [5, 5.41) is 17.3. The van der Waals surface area contributed by atoms with Crippen molar-refractivity contribution < 1.29 is 5.11 Å². The molecule has 1 N–H and O–H groups in total. The van der Waals surface area contributed by atoms with Crippen LogP contribution in [0.5, 0.6) is 0 Å². The van der Waals surface area contributed by atoms with Crippen molar-refractivity contribution in [1.82, 2.24) is 0 Å². The van der Waals surface area contributed by atoms with Crippen LogP contribution >= 0.6 is 15.9 Å². The molecule has 0 aliphatic rings. The Morgan fingerprint density at radius 3 is 2.86 bits per heavy atom. The zero-order valence-electron chi connectivity index (χ0n) is 7.42. The molecule has 0 aromatic heterocycles. The summed E-state index contributed by atoms with van der Waals surface area (Å²) in [5.41, 5.74) is 1.61. The Kier molecular flexibility index (Phi) is 4.19. The van der Waals surface area contributed by atoms with E-state index < -0.39 is 0 Å². The summed E-state index contributed by atoms with van der Waals surface area (Å²) in [7, 11) is 0. The van der Waals surface area contributed by atoms with Crippen molar-refractivity contribution >= 4 is 15.9 Å². The molecule has 2 nitrogen and oxygen atoms in total. The molecule has 1 aromatic carbocycles. The van der Waals surface area contributed by atoms with E-state index in [4.69, 9.17) is 10.4 Å². The maximum Gasteiger partial charge on any atom is 0.0966 e. The number of nitrogens with zero attached hydrogens (tertiary/aromatic N) is 1. The van der Waals surface area contributed by atoms with Crippen molar-refractivity contribution in [3.05, 3.63) is 33.8 Å². The number of hydrogen-bond acceptors (Lipinski definition) is 2. The molecule has 1 rings (SSSR count). The number of halogens is 1. The van der Waals surface area contributed by atoms with Crippen LogP contribution in [0.4, 0.5) is 0 Å². The van der Waals surface area contributed by atoms with Gasteiger partial charge in [-0.1, -0.05) is 27.8 Å². The third-order valence-corrected chi connectivity index (χ3v) is 2.39. The lowest BCUT2D eigenvalue weighted by molar-refractivity contribution is 0.281. The number of aliphatic hydroxyl groups is 1. The molecule has 0 radical (unpaired) electrons. The molecule has 0 spiro atoms. The zero-order chi connectivity index (χ0) is 10.4. The van der Waals surface area contributed by atoms with Crippen LogP contribution in [0.15, 0.2) is 22.7 Å². The van der Waals surface area contributed by atoms with Gasteiger partial charge < -0.3 is 5.11 Å². The van der Waals surface area contributed by atoms with Crippen molar-refractivity contribution in [3.63, 3.8) is 0 Å². The number of aliphatic hydroxyl groups excluding tert-OH is 1. The van der Waals surface area contributed by atoms with Crippen LogP contribution in [0.2, 0.25) is 0 Å². The quantitative estimate of drug-likeness (QED) is 0.776. The van der Waals surface area contributed by atoms with Crippen LogP contribution in [0.3, 0.4) is 0 Å². The van der Waals surface area contributed by atoms with Gasteiger partial charge >= 0.3 is 0 Å². The molecule has 0 saturated heterocycles. The van der Waals surface area contributed by atoms with Gasteiger partial charge in [0.25, 0.3) is 0 Å². The molecule has 0 bridgehead atoms. The lowest BCUT2D eigenvalue weighted by Crippen LogP contribution is -1.86. The monoisotopic (exact) mass is 249 g/mol. The molecule has 0 atom stereocenters. The van der Waals surface area contributed by atoms with Crippen LogP contribution in [0.1, 0.15) is 17.5 Å². The van der Waals surface area contributed by atoms with Crippen molar-refractivity contribution in [3.8, 4) is 17.9 Å². The maximum absolute atomic E-state index is 8.98. The highest BCUT2D eigenvalue weighted by atomic mass is 79.9. The highest BCUT2D eigenvalue weighted by Crippen LogP contribution is 2.17. The fourth-order valence-corrected chi connectivity index (χ4v) is 1.33. The van der Waals surface area contributed by atoms with Crippen molar-refractivity contribution in [2.75, 3.05) is 0 Å².